The van der Waals surface area contributed by atoms with Crippen LogP contribution in [0.1, 0.15) is 56.4 Å². The monoisotopic (exact) mass is 515 g/mol. The van der Waals surface area contributed by atoms with E-state index in [1.54, 1.807) is 30.5 Å². The average molecular weight is 516 g/mol. The first kappa shape index (κ1) is 27.8. The van der Waals surface area contributed by atoms with Crippen molar-refractivity contribution in [1.29, 1.82) is 0 Å². The number of ether oxygens (including phenoxy) is 2. The van der Waals surface area contributed by atoms with Crippen LogP contribution in [0.2, 0.25) is 0 Å². The zero-order valence-corrected chi connectivity index (χ0v) is 22.9. The molecule has 1 aliphatic carbocycles. The Bertz CT molecular complexity index is 958. The molecule has 7 nitrogen and oxygen atoms in total. The summed E-state index contributed by atoms with van der Waals surface area (Å²) in [5.41, 5.74) is 1.06. The van der Waals surface area contributed by atoms with E-state index in [2.05, 4.69) is 19.2 Å². The van der Waals surface area contributed by atoms with Gasteiger partial charge in [-0.15, -0.1) is 11.3 Å². The highest BCUT2D eigenvalue weighted by atomic mass is 32.1. The predicted molar refractivity (Wildman–Crippen MR) is 145 cm³/mol. The van der Waals surface area contributed by atoms with Gasteiger partial charge in [0, 0.05) is 24.0 Å². The second-order valence-corrected chi connectivity index (χ2v) is 10.9. The lowest BCUT2D eigenvalue weighted by atomic mass is 9.96. The number of thiophene rings is 1. The number of hydrogen-bond donors (Lipinski definition) is 1. The lowest BCUT2D eigenvalue weighted by Crippen LogP contribution is -2.50. The highest BCUT2D eigenvalue weighted by Gasteiger charge is 2.25. The predicted octanol–water partition coefficient (Wildman–Crippen LogP) is 5.34. The fourth-order valence-corrected chi connectivity index (χ4v) is 5.34. The SMILES string of the molecule is COc1ccc(CCN(Cc2cccs2)C(=O)CN(CC(C)C)C(=O)NC2CCCCC2)cc1OC. The first-order valence-corrected chi connectivity index (χ1v) is 13.8. The Morgan fingerprint density at radius 3 is 2.44 bits per heavy atom. The molecule has 1 fully saturated rings. The van der Waals surface area contributed by atoms with Crippen LogP contribution < -0.4 is 14.8 Å². The van der Waals surface area contributed by atoms with Gasteiger partial charge in [0.05, 0.1) is 20.8 Å². The lowest BCUT2D eigenvalue weighted by molar-refractivity contribution is -0.132. The number of rotatable bonds is 12. The third-order valence-corrected chi connectivity index (χ3v) is 7.39. The molecule has 3 amide bonds. The van der Waals surface area contributed by atoms with E-state index in [0.717, 1.165) is 36.1 Å². The Balaban J connectivity index is 1.70. The van der Waals surface area contributed by atoms with E-state index in [-0.39, 0.29) is 30.4 Å². The third-order valence-electron chi connectivity index (χ3n) is 6.53. The molecule has 0 spiro atoms. The molecule has 1 aliphatic rings. The van der Waals surface area contributed by atoms with E-state index in [4.69, 9.17) is 9.47 Å². The number of carbonyl (C=O) groups excluding carboxylic acids is 2. The highest BCUT2D eigenvalue weighted by molar-refractivity contribution is 7.09. The van der Waals surface area contributed by atoms with Crippen molar-refractivity contribution >= 4 is 23.3 Å². The molecule has 1 heterocycles. The van der Waals surface area contributed by atoms with Gasteiger partial charge in [-0.05, 0) is 54.3 Å². The Hall–Kier alpha value is -2.74. The fraction of sp³-hybridized carbons (Fsp3) is 0.571. The van der Waals surface area contributed by atoms with Gasteiger partial charge in [0.1, 0.15) is 6.54 Å². The lowest BCUT2D eigenvalue weighted by Gasteiger charge is -2.31. The van der Waals surface area contributed by atoms with Crippen molar-refractivity contribution in [2.45, 2.75) is 65.0 Å². The van der Waals surface area contributed by atoms with Gasteiger partial charge >= 0.3 is 6.03 Å². The maximum Gasteiger partial charge on any atom is 0.318 e. The van der Waals surface area contributed by atoms with E-state index in [0.29, 0.717) is 37.6 Å². The fourth-order valence-electron chi connectivity index (χ4n) is 4.62. The van der Waals surface area contributed by atoms with E-state index < -0.39 is 0 Å². The largest absolute Gasteiger partial charge is 0.493 e. The van der Waals surface area contributed by atoms with Crippen molar-refractivity contribution < 1.29 is 19.1 Å². The second-order valence-electron chi connectivity index (χ2n) is 9.89. The van der Waals surface area contributed by atoms with E-state index in [1.165, 1.54) is 6.42 Å². The smallest absolute Gasteiger partial charge is 0.318 e. The Morgan fingerprint density at radius 1 is 1.06 bits per heavy atom. The molecule has 1 N–H and O–H groups in total. The summed E-state index contributed by atoms with van der Waals surface area (Å²) in [5.74, 6) is 1.59. The molecule has 2 aromatic rings. The van der Waals surface area contributed by atoms with Crippen LogP contribution in [0, 0.1) is 5.92 Å². The molecule has 1 aromatic carbocycles. The number of benzene rings is 1. The molecule has 0 atom stereocenters. The van der Waals surface area contributed by atoms with Gasteiger partial charge in [-0.1, -0.05) is 45.2 Å². The van der Waals surface area contributed by atoms with Crippen molar-refractivity contribution in [2.24, 2.45) is 5.92 Å². The topological polar surface area (TPSA) is 71.1 Å². The van der Waals surface area contributed by atoms with Gasteiger partial charge in [-0.2, -0.15) is 0 Å². The molecule has 198 valence electrons. The minimum Gasteiger partial charge on any atom is -0.493 e. The van der Waals surface area contributed by atoms with Crippen LogP contribution in [0.15, 0.2) is 35.7 Å². The van der Waals surface area contributed by atoms with E-state index in [9.17, 15) is 9.59 Å². The zero-order chi connectivity index (χ0) is 25.9. The third kappa shape index (κ3) is 8.43. The summed E-state index contributed by atoms with van der Waals surface area (Å²) in [6, 6.07) is 9.97. The van der Waals surface area contributed by atoms with Gasteiger partial charge < -0.3 is 24.6 Å². The van der Waals surface area contributed by atoms with Gasteiger partial charge in [0.2, 0.25) is 5.91 Å². The summed E-state index contributed by atoms with van der Waals surface area (Å²) >= 11 is 1.64. The molecule has 0 aliphatic heterocycles. The molecular weight excluding hydrogens is 474 g/mol. The van der Waals surface area contributed by atoms with Crippen molar-refractivity contribution in [2.75, 3.05) is 33.9 Å². The Morgan fingerprint density at radius 2 is 1.81 bits per heavy atom. The first-order valence-electron chi connectivity index (χ1n) is 13.0. The molecule has 0 unspecified atom stereocenters. The molecule has 0 radical (unpaired) electrons. The molecule has 36 heavy (non-hydrogen) atoms. The maximum absolute atomic E-state index is 13.6. The molecule has 1 aromatic heterocycles. The quantitative estimate of drug-likeness (QED) is 0.414. The number of carbonyl (C=O) groups is 2. The van der Waals surface area contributed by atoms with Crippen molar-refractivity contribution in [3.05, 3.63) is 46.2 Å². The van der Waals surface area contributed by atoms with Gasteiger partial charge in [0.25, 0.3) is 0 Å². The van der Waals surface area contributed by atoms with Crippen LogP contribution in [0.25, 0.3) is 0 Å². The van der Waals surface area contributed by atoms with Gasteiger partial charge in [-0.3, -0.25) is 4.79 Å². The van der Waals surface area contributed by atoms with E-state index in [1.807, 2.05) is 40.6 Å². The summed E-state index contributed by atoms with van der Waals surface area (Å²) in [4.78, 5) is 31.4. The number of nitrogens with one attached hydrogen (secondary N) is 1. The number of nitrogens with zero attached hydrogens (tertiary/aromatic N) is 2. The Labute approximate surface area is 219 Å². The molecule has 0 bridgehead atoms. The van der Waals surface area contributed by atoms with Crippen molar-refractivity contribution in [3.8, 4) is 11.5 Å². The van der Waals surface area contributed by atoms with Gasteiger partial charge in [-0.25, -0.2) is 4.79 Å². The van der Waals surface area contributed by atoms with Crippen molar-refractivity contribution in [1.82, 2.24) is 15.1 Å². The summed E-state index contributed by atoms with van der Waals surface area (Å²) in [5, 5.41) is 5.21. The molecular formula is C28H41N3O4S. The normalized spacial score (nSPS) is 13.9. The summed E-state index contributed by atoms with van der Waals surface area (Å²) in [6.45, 7) is 5.86. The Kier molecular flexibility index (Phi) is 10.9. The molecule has 1 saturated carbocycles. The zero-order valence-electron chi connectivity index (χ0n) is 22.1. The summed E-state index contributed by atoms with van der Waals surface area (Å²) in [7, 11) is 3.24. The minimum absolute atomic E-state index is 0.0386. The second kappa shape index (κ2) is 14.1. The average Bonchev–Trinajstić information content (AvgIpc) is 3.39. The van der Waals surface area contributed by atoms with Crippen LogP contribution in [0.3, 0.4) is 0 Å². The van der Waals surface area contributed by atoms with Crippen LogP contribution >= 0.6 is 11.3 Å². The number of urea groups is 1. The van der Waals surface area contributed by atoms with Gasteiger partial charge in [0.15, 0.2) is 11.5 Å². The van der Waals surface area contributed by atoms with Crippen LogP contribution in [0.4, 0.5) is 4.79 Å². The number of methoxy groups -OCH3 is 2. The minimum atomic E-state index is -0.125. The standard InChI is InChI=1S/C28H41N3O4S/c1-21(2)18-31(28(33)29-23-9-6-5-7-10-23)20-27(32)30(19-24-11-8-16-36-24)15-14-22-12-13-25(34-3)26(17-22)35-4/h8,11-13,16-17,21,23H,5-7,9-10,14-15,18-20H2,1-4H3,(H,29,33). The van der Waals surface area contributed by atoms with E-state index >= 15 is 0 Å². The molecule has 0 saturated heterocycles. The molecule has 8 heteroatoms. The van der Waals surface area contributed by atoms with Crippen LogP contribution in [-0.2, 0) is 17.8 Å². The first-order chi connectivity index (χ1) is 17.4. The van der Waals surface area contributed by atoms with Crippen LogP contribution in [0.5, 0.6) is 11.5 Å². The number of amides is 3. The number of hydrogen-bond acceptors (Lipinski definition) is 5. The molecule has 3 rings (SSSR count). The van der Waals surface area contributed by atoms with Crippen LogP contribution in [-0.4, -0.2) is 61.6 Å². The summed E-state index contributed by atoms with van der Waals surface area (Å²) in [6.07, 6.45) is 6.25. The van der Waals surface area contributed by atoms with Crippen molar-refractivity contribution in [3.63, 3.8) is 0 Å². The highest BCUT2D eigenvalue weighted by Crippen LogP contribution is 2.28. The maximum atomic E-state index is 13.6. The summed E-state index contributed by atoms with van der Waals surface area (Å²) < 4.78 is 10.8.